The molecule has 10 nitrogen and oxygen atoms in total. The predicted octanol–water partition coefficient (Wildman–Crippen LogP) is 11.9. The standard InChI is InChI=1S/C64H58N2O8/c1-74-59(71)37-34-55(64(72)73)66(43-54-41-52(33-36-57(54)68)63(50-30-18-7-19-31-50)61(47-24-12-4-13-25-47)48-26-14-5-15-27-48)39-38-65(44-58(69)70)42-53-40-51(32-35-56(53)67)62(49-28-16-6-17-29-49)60(45-20-8-2-9-21-45)46-22-10-3-11-23-46/h2-33,35-36,40-41,55,67-68H,34,37-39,42-44H2,1H3,(H,69,70)(H,72,73). The Kier molecular flexibility index (Phi) is 17.4. The van der Waals surface area contributed by atoms with Gasteiger partial charge < -0.3 is 25.2 Å². The van der Waals surface area contributed by atoms with Crippen LogP contribution in [-0.4, -0.2) is 80.9 Å². The molecule has 74 heavy (non-hydrogen) atoms. The number of aromatic hydroxyl groups is 2. The molecule has 8 aromatic carbocycles. The Bertz CT molecular complexity index is 3140. The van der Waals surface area contributed by atoms with Gasteiger partial charge in [-0.05, 0) is 97.5 Å². The SMILES string of the molecule is COC(=O)CCC(C(=O)O)N(CCN(CC(=O)O)Cc1cc(C(=C(c2ccccc2)c2ccccc2)c2ccccc2)ccc1O)Cc1cc(C(=C(c2ccccc2)c2ccccc2)c2ccccc2)ccc1O. The van der Waals surface area contributed by atoms with E-state index in [0.29, 0.717) is 11.1 Å². The molecule has 0 fully saturated rings. The predicted molar refractivity (Wildman–Crippen MR) is 291 cm³/mol. The summed E-state index contributed by atoms with van der Waals surface area (Å²) in [7, 11) is 1.24. The molecule has 1 atom stereocenters. The van der Waals surface area contributed by atoms with Crippen molar-refractivity contribution in [2.45, 2.75) is 32.0 Å². The second-order valence-electron chi connectivity index (χ2n) is 17.9. The molecule has 8 rings (SSSR count). The van der Waals surface area contributed by atoms with Gasteiger partial charge in [-0.1, -0.05) is 194 Å². The lowest BCUT2D eigenvalue weighted by Crippen LogP contribution is -2.45. The molecule has 0 aliphatic heterocycles. The van der Waals surface area contributed by atoms with Gasteiger partial charge in [0.05, 0.1) is 13.7 Å². The maximum atomic E-state index is 13.3. The van der Waals surface area contributed by atoms with Crippen molar-refractivity contribution < 1.29 is 39.5 Å². The zero-order valence-corrected chi connectivity index (χ0v) is 41.1. The quantitative estimate of drug-likeness (QED) is 0.0382. The molecule has 0 heterocycles. The van der Waals surface area contributed by atoms with E-state index < -0.39 is 30.5 Å². The Morgan fingerprint density at radius 2 is 0.784 bits per heavy atom. The third-order valence-corrected chi connectivity index (χ3v) is 13.0. The molecule has 10 heteroatoms. The van der Waals surface area contributed by atoms with Crippen molar-refractivity contribution in [3.05, 3.63) is 274 Å². The molecule has 0 saturated carbocycles. The molecular formula is C64H58N2O8. The zero-order valence-electron chi connectivity index (χ0n) is 41.1. The second-order valence-corrected chi connectivity index (χ2v) is 17.9. The first-order chi connectivity index (χ1) is 36.1. The average Bonchev–Trinajstić information content (AvgIpc) is 3.43. The summed E-state index contributed by atoms with van der Waals surface area (Å²) in [5, 5.41) is 44.4. The highest BCUT2D eigenvalue weighted by Gasteiger charge is 2.29. The van der Waals surface area contributed by atoms with E-state index in [-0.39, 0.29) is 50.5 Å². The van der Waals surface area contributed by atoms with Crippen LogP contribution < -0.4 is 0 Å². The number of rotatable bonds is 22. The molecule has 0 aromatic heterocycles. The van der Waals surface area contributed by atoms with Gasteiger partial charge in [-0.15, -0.1) is 0 Å². The van der Waals surface area contributed by atoms with Gasteiger partial charge in [0, 0.05) is 43.7 Å². The van der Waals surface area contributed by atoms with E-state index in [4.69, 9.17) is 4.74 Å². The van der Waals surface area contributed by atoms with Crippen LogP contribution in [0.15, 0.2) is 218 Å². The number of nitrogens with zero attached hydrogens (tertiary/aromatic N) is 2. The number of phenolic OH excluding ortho intramolecular Hbond substituents is 2. The van der Waals surface area contributed by atoms with Crippen LogP contribution in [0.2, 0.25) is 0 Å². The first-order valence-electron chi connectivity index (χ1n) is 24.5. The lowest BCUT2D eigenvalue weighted by molar-refractivity contribution is -0.146. The zero-order chi connectivity index (χ0) is 51.8. The van der Waals surface area contributed by atoms with E-state index in [9.17, 15) is 34.8 Å². The lowest BCUT2D eigenvalue weighted by Gasteiger charge is -2.32. The summed E-state index contributed by atoms with van der Waals surface area (Å²) in [6.45, 7) is -0.508. The normalized spacial score (nSPS) is 11.4. The fraction of sp³-hybridized carbons (Fsp3) is 0.141. The van der Waals surface area contributed by atoms with E-state index in [0.717, 1.165) is 66.8 Å². The van der Waals surface area contributed by atoms with Gasteiger partial charge >= 0.3 is 17.9 Å². The van der Waals surface area contributed by atoms with Crippen LogP contribution >= 0.6 is 0 Å². The molecular weight excluding hydrogens is 925 g/mol. The molecule has 1 unspecified atom stereocenters. The second kappa shape index (κ2) is 25.0. The van der Waals surface area contributed by atoms with Crippen LogP contribution in [0.25, 0.3) is 22.3 Å². The number of carbonyl (C=O) groups is 3. The number of carboxylic acids is 2. The third-order valence-electron chi connectivity index (χ3n) is 13.0. The van der Waals surface area contributed by atoms with Crippen molar-refractivity contribution in [3.63, 3.8) is 0 Å². The summed E-state index contributed by atoms with van der Waals surface area (Å²) < 4.78 is 4.92. The van der Waals surface area contributed by atoms with Crippen molar-refractivity contribution in [2.24, 2.45) is 0 Å². The lowest BCUT2D eigenvalue weighted by atomic mass is 9.85. The smallest absolute Gasteiger partial charge is 0.320 e. The van der Waals surface area contributed by atoms with Gasteiger partial charge in [0.25, 0.3) is 0 Å². The van der Waals surface area contributed by atoms with Crippen molar-refractivity contribution in [2.75, 3.05) is 26.7 Å². The molecule has 0 aliphatic carbocycles. The molecule has 0 bridgehead atoms. The molecule has 0 amide bonds. The first-order valence-corrected chi connectivity index (χ1v) is 24.5. The van der Waals surface area contributed by atoms with E-state index in [1.54, 1.807) is 21.9 Å². The van der Waals surface area contributed by atoms with E-state index >= 15 is 0 Å². The summed E-state index contributed by atoms with van der Waals surface area (Å²) in [5.74, 6) is -3.01. The van der Waals surface area contributed by atoms with Crippen LogP contribution in [0.4, 0.5) is 0 Å². The molecule has 0 saturated heterocycles. The molecule has 4 N–H and O–H groups in total. The summed E-state index contributed by atoms with van der Waals surface area (Å²) in [5.41, 5.74) is 11.9. The number of ether oxygens (including phenoxy) is 1. The Morgan fingerprint density at radius 3 is 1.11 bits per heavy atom. The maximum absolute atomic E-state index is 13.3. The van der Waals surface area contributed by atoms with Gasteiger partial charge in [-0.2, -0.15) is 0 Å². The molecule has 0 radical (unpaired) electrons. The van der Waals surface area contributed by atoms with E-state index in [1.807, 2.05) is 158 Å². The average molecular weight is 983 g/mol. The highest BCUT2D eigenvalue weighted by Crippen LogP contribution is 2.40. The highest BCUT2D eigenvalue weighted by atomic mass is 16.5. The minimum Gasteiger partial charge on any atom is -0.508 e. The fourth-order valence-electron chi connectivity index (χ4n) is 9.48. The molecule has 8 aromatic rings. The number of esters is 1. The van der Waals surface area contributed by atoms with Crippen LogP contribution in [0.3, 0.4) is 0 Å². The third kappa shape index (κ3) is 13.0. The van der Waals surface area contributed by atoms with E-state index in [2.05, 4.69) is 48.5 Å². The highest BCUT2D eigenvalue weighted by molar-refractivity contribution is 6.05. The molecule has 372 valence electrons. The monoisotopic (exact) mass is 982 g/mol. The number of carboxylic acid groups (broad SMARTS) is 2. The number of methoxy groups -OCH3 is 1. The van der Waals surface area contributed by atoms with E-state index in [1.165, 1.54) is 7.11 Å². The van der Waals surface area contributed by atoms with Gasteiger partial charge in [-0.25, -0.2) is 0 Å². The van der Waals surface area contributed by atoms with Crippen LogP contribution in [0.1, 0.15) is 68.5 Å². The first kappa shape index (κ1) is 51.5. The maximum Gasteiger partial charge on any atom is 0.320 e. The van der Waals surface area contributed by atoms with Gasteiger partial charge in [0.1, 0.15) is 17.5 Å². The largest absolute Gasteiger partial charge is 0.508 e. The minimum absolute atomic E-state index is 0.00245. The fourth-order valence-corrected chi connectivity index (χ4v) is 9.48. The topological polar surface area (TPSA) is 148 Å². The number of phenols is 2. The molecule has 0 aliphatic rings. The number of hydrogen-bond donors (Lipinski definition) is 4. The Labute approximate surface area is 432 Å². The van der Waals surface area contributed by atoms with Crippen molar-refractivity contribution in [3.8, 4) is 11.5 Å². The molecule has 0 spiro atoms. The minimum atomic E-state index is -1.25. The van der Waals surface area contributed by atoms with Gasteiger partial charge in [0.15, 0.2) is 0 Å². The number of aliphatic carboxylic acids is 2. The van der Waals surface area contributed by atoms with Crippen molar-refractivity contribution >= 4 is 40.2 Å². The van der Waals surface area contributed by atoms with Crippen LogP contribution in [0, 0.1) is 0 Å². The summed E-state index contributed by atoms with van der Waals surface area (Å²) >= 11 is 0. The van der Waals surface area contributed by atoms with Crippen molar-refractivity contribution in [1.82, 2.24) is 9.80 Å². The Hall–Kier alpha value is -8.83. The Morgan fingerprint density at radius 1 is 0.446 bits per heavy atom. The van der Waals surface area contributed by atoms with Crippen molar-refractivity contribution in [1.29, 1.82) is 0 Å². The Balaban J connectivity index is 1.19. The number of hydrogen-bond acceptors (Lipinski definition) is 8. The summed E-state index contributed by atoms with van der Waals surface area (Å²) in [6.07, 6.45) is -0.315. The number of carbonyl (C=O) groups excluding carboxylic acids is 1. The van der Waals surface area contributed by atoms with Crippen LogP contribution in [-0.2, 0) is 32.2 Å². The van der Waals surface area contributed by atoms with Gasteiger partial charge in [-0.3, -0.25) is 24.2 Å². The van der Waals surface area contributed by atoms with Crippen LogP contribution in [0.5, 0.6) is 11.5 Å². The van der Waals surface area contributed by atoms with Gasteiger partial charge in [0.2, 0.25) is 0 Å². The number of benzene rings is 8. The summed E-state index contributed by atoms with van der Waals surface area (Å²) in [4.78, 5) is 41.8. The summed E-state index contributed by atoms with van der Waals surface area (Å²) in [6, 6.07) is 69.6.